The molecule has 0 fully saturated rings. The molecule has 2 heterocycles. The Morgan fingerprint density at radius 1 is 0.469 bits per heavy atom. The van der Waals surface area contributed by atoms with Gasteiger partial charge in [-0.3, -0.25) is 0 Å². The van der Waals surface area contributed by atoms with E-state index >= 15 is 0 Å². The smallest absolute Gasteiger partial charge is 0.0471 e. The van der Waals surface area contributed by atoms with Crippen molar-refractivity contribution in [2.75, 3.05) is 0 Å². The van der Waals surface area contributed by atoms with Crippen LogP contribution in [0.4, 0.5) is 0 Å². The standard InChI is InChI=1S/C28H20N2.C2H6/c1-3-10-26-23(9-1)25-17-20(13-12-19(25)7-5-6-16-29-26)21-14-15-24-22-8-2-4-11-27(22)30-28(24)18-21;1-2/h1-18,29-30H;1-2H3. The van der Waals surface area contributed by atoms with E-state index in [0.29, 0.717) is 0 Å². The summed E-state index contributed by atoms with van der Waals surface area (Å²) >= 11 is 0. The lowest BCUT2D eigenvalue weighted by Crippen LogP contribution is -1.81. The van der Waals surface area contributed by atoms with E-state index in [2.05, 4.69) is 107 Å². The van der Waals surface area contributed by atoms with Crippen molar-refractivity contribution in [2.24, 2.45) is 0 Å². The zero-order valence-corrected chi connectivity index (χ0v) is 18.4. The van der Waals surface area contributed by atoms with Crippen molar-refractivity contribution in [1.29, 1.82) is 0 Å². The number of nitrogens with one attached hydrogen (secondary N) is 2. The predicted molar refractivity (Wildman–Crippen MR) is 140 cm³/mol. The fraction of sp³-hybridized carbons (Fsp3) is 0.0667. The van der Waals surface area contributed by atoms with Gasteiger partial charge in [-0.2, -0.15) is 0 Å². The molecule has 6 aromatic rings. The third kappa shape index (κ3) is 3.50. The highest BCUT2D eigenvalue weighted by atomic mass is 14.7. The summed E-state index contributed by atoms with van der Waals surface area (Å²) in [4.78, 5) is 6.97. The molecule has 2 aromatic heterocycles. The number of rotatable bonds is 1. The zero-order chi connectivity index (χ0) is 21.9. The van der Waals surface area contributed by atoms with Gasteiger partial charge in [0.2, 0.25) is 0 Å². The quantitative estimate of drug-likeness (QED) is 0.269. The Balaban J connectivity index is 0.00000105. The van der Waals surface area contributed by atoms with Gasteiger partial charge in [-0.05, 0) is 52.2 Å². The minimum Gasteiger partial charge on any atom is -0.361 e. The number of hydrogen-bond donors (Lipinski definition) is 2. The minimum atomic E-state index is 1.11. The van der Waals surface area contributed by atoms with E-state index in [1.807, 2.05) is 26.1 Å². The third-order valence-electron chi connectivity index (χ3n) is 5.83. The normalized spacial score (nSPS) is 10.8. The van der Waals surface area contributed by atoms with Gasteiger partial charge < -0.3 is 9.97 Å². The number of aromatic nitrogens is 2. The molecule has 2 nitrogen and oxygen atoms in total. The SMILES string of the molecule is CC.c1ccc2ccc(-c3ccc4c(c3)[nH]c3ccccc34)cc2c2ccccc2[nH]c1. The number of aromatic amines is 2. The maximum absolute atomic E-state index is 3.56. The van der Waals surface area contributed by atoms with E-state index in [1.54, 1.807) is 0 Å². The van der Waals surface area contributed by atoms with Gasteiger partial charge in [-0.1, -0.05) is 86.6 Å². The van der Waals surface area contributed by atoms with Crippen LogP contribution in [0, 0.1) is 0 Å². The summed E-state index contributed by atoms with van der Waals surface area (Å²) in [6.07, 6.45) is 1.98. The molecule has 0 atom stereocenters. The van der Waals surface area contributed by atoms with Gasteiger partial charge in [0.15, 0.2) is 0 Å². The summed E-state index contributed by atoms with van der Waals surface area (Å²) in [7, 11) is 0. The molecular weight excluding hydrogens is 388 g/mol. The van der Waals surface area contributed by atoms with E-state index in [1.165, 1.54) is 49.1 Å². The van der Waals surface area contributed by atoms with Crippen LogP contribution in [0.15, 0.2) is 109 Å². The zero-order valence-electron chi connectivity index (χ0n) is 18.4. The van der Waals surface area contributed by atoms with Crippen LogP contribution in [-0.4, -0.2) is 9.97 Å². The third-order valence-corrected chi connectivity index (χ3v) is 5.83. The van der Waals surface area contributed by atoms with Crippen LogP contribution in [-0.2, 0) is 0 Å². The maximum Gasteiger partial charge on any atom is 0.0471 e. The lowest BCUT2D eigenvalue weighted by molar-refractivity contribution is 1.43. The Bertz CT molecular complexity index is 1600. The number of fused-ring (bicyclic) bond motifs is 6. The van der Waals surface area contributed by atoms with Crippen molar-refractivity contribution in [1.82, 2.24) is 9.97 Å². The highest BCUT2D eigenvalue weighted by Crippen LogP contribution is 2.32. The second-order valence-electron chi connectivity index (χ2n) is 7.64. The Morgan fingerprint density at radius 3 is 1.94 bits per heavy atom. The van der Waals surface area contributed by atoms with Crippen molar-refractivity contribution in [3.63, 3.8) is 0 Å². The maximum atomic E-state index is 3.56. The first-order valence-electron chi connectivity index (χ1n) is 11.2. The van der Waals surface area contributed by atoms with E-state index in [9.17, 15) is 0 Å². The van der Waals surface area contributed by atoms with Crippen LogP contribution in [0.2, 0.25) is 0 Å². The van der Waals surface area contributed by atoms with Crippen molar-refractivity contribution in [2.45, 2.75) is 13.8 Å². The largest absolute Gasteiger partial charge is 0.361 e. The summed E-state index contributed by atoms with van der Waals surface area (Å²) in [5.41, 5.74) is 5.89. The van der Waals surface area contributed by atoms with Crippen LogP contribution in [0.25, 0.3) is 54.6 Å². The molecule has 0 spiro atoms. The van der Waals surface area contributed by atoms with E-state index < -0.39 is 0 Å². The minimum absolute atomic E-state index is 1.11. The van der Waals surface area contributed by atoms with Crippen molar-refractivity contribution >= 4 is 43.5 Å². The van der Waals surface area contributed by atoms with Crippen LogP contribution < -0.4 is 0 Å². The Morgan fingerprint density at radius 2 is 1.09 bits per heavy atom. The Kier molecular flexibility index (Phi) is 5.35. The number of benzene rings is 4. The first-order valence-corrected chi connectivity index (χ1v) is 11.2. The topological polar surface area (TPSA) is 31.6 Å². The van der Waals surface area contributed by atoms with Crippen molar-refractivity contribution < 1.29 is 0 Å². The first-order chi connectivity index (χ1) is 15.9. The summed E-state index contributed by atoms with van der Waals surface area (Å²) in [5.74, 6) is 0. The highest BCUT2D eigenvalue weighted by Gasteiger charge is 2.07. The molecule has 0 bridgehead atoms. The second kappa shape index (κ2) is 8.60. The molecule has 156 valence electrons. The lowest BCUT2D eigenvalue weighted by atomic mass is 9.99. The van der Waals surface area contributed by atoms with Gasteiger partial charge in [0.25, 0.3) is 0 Å². The average molecular weight is 415 g/mol. The predicted octanol–water partition coefficient (Wildman–Crippen LogP) is 8.77. The molecule has 0 aliphatic carbocycles. The van der Waals surface area contributed by atoms with Crippen LogP contribution in [0.1, 0.15) is 13.8 Å². The van der Waals surface area contributed by atoms with Crippen LogP contribution in [0.3, 0.4) is 0 Å². The summed E-state index contributed by atoms with van der Waals surface area (Å²) in [5, 5.41) is 6.18. The van der Waals surface area contributed by atoms with E-state index in [0.717, 1.165) is 5.52 Å². The molecule has 0 saturated heterocycles. The Hall–Kier alpha value is -4.04. The van der Waals surface area contributed by atoms with Gasteiger partial charge in [0.1, 0.15) is 0 Å². The monoisotopic (exact) mass is 414 g/mol. The fourth-order valence-electron chi connectivity index (χ4n) is 4.35. The fourth-order valence-corrected chi connectivity index (χ4v) is 4.35. The van der Waals surface area contributed by atoms with Crippen LogP contribution >= 0.6 is 0 Å². The van der Waals surface area contributed by atoms with Gasteiger partial charge in [-0.25, -0.2) is 0 Å². The molecule has 4 aromatic carbocycles. The highest BCUT2D eigenvalue weighted by molar-refractivity contribution is 6.09. The summed E-state index contributed by atoms with van der Waals surface area (Å²) in [6, 6.07) is 36.6. The van der Waals surface area contributed by atoms with Crippen molar-refractivity contribution in [3.05, 3.63) is 109 Å². The second-order valence-corrected chi connectivity index (χ2v) is 7.64. The van der Waals surface area contributed by atoms with Crippen LogP contribution in [0.5, 0.6) is 0 Å². The van der Waals surface area contributed by atoms with Gasteiger partial charge in [-0.15, -0.1) is 0 Å². The molecule has 32 heavy (non-hydrogen) atoms. The molecular formula is C30H26N2. The van der Waals surface area contributed by atoms with Gasteiger partial charge >= 0.3 is 0 Å². The number of H-pyrrole nitrogens is 2. The lowest BCUT2D eigenvalue weighted by Gasteiger charge is -2.06. The molecule has 6 rings (SSSR count). The average Bonchev–Trinajstić information content (AvgIpc) is 3.26. The molecule has 2 heteroatoms. The number of hydrogen-bond acceptors (Lipinski definition) is 0. The van der Waals surface area contributed by atoms with Gasteiger partial charge in [0.05, 0.1) is 0 Å². The van der Waals surface area contributed by atoms with E-state index in [4.69, 9.17) is 0 Å². The summed E-state index contributed by atoms with van der Waals surface area (Å²) in [6.45, 7) is 4.00. The molecule has 0 unspecified atom stereocenters. The molecule has 0 aliphatic heterocycles. The molecule has 0 amide bonds. The molecule has 0 saturated carbocycles. The van der Waals surface area contributed by atoms with E-state index in [-0.39, 0.29) is 0 Å². The Labute approximate surface area is 187 Å². The number of para-hydroxylation sites is 2. The molecule has 0 radical (unpaired) electrons. The summed E-state index contributed by atoms with van der Waals surface area (Å²) < 4.78 is 0. The van der Waals surface area contributed by atoms with Crippen molar-refractivity contribution in [3.8, 4) is 11.1 Å². The molecule has 0 aliphatic rings. The first kappa shape index (κ1) is 19.9. The van der Waals surface area contributed by atoms with Gasteiger partial charge in [0, 0.05) is 38.9 Å². The molecule has 2 N–H and O–H groups in total.